The molecule has 2 aliphatic rings. The quantitative estimate of drug-likeness (QED) is 0.207. The molecular weight excluding hydrogens is 630 g/mol. The first kappa shape index (κ1) is 33.4. The van der Waals surface area contributed by atoms with Gasteiger partial charge in [0.2, 0.25) is 5.88 Å². The number of imidazole rings is 1. The monoisotopic (exact) mass is 669 g/mol. The van der Waals surface area contributed by atoms with Gasteiger partial charge < -0.3 is 19.3 Å². The number of hydrogen-bond acceptors (Lipinski definition) is 6. The molecule has 0 spiro atoms. The Bertz CT molecular complexity index is 1850. The topological polar surface area (TPSA) is 81.8 Å². The predicted octanol–water partition coefficient (Wildman–Crippen LogP) is 6.94. The Balaban J connectivity index is 1.36. The maximum atomic E-state index is 14.9. The Morgan fingerprint density at radius 1 is 0.979 bits per heavy atom. The number of piperidine rings is 1. The summed E-state index contributed by atoms with van der Waals surface area (Å²) >= 11 is 0. The molecule has 1 atom stereocenters. The van der Waals surface area contributed by atoms with Crippen LogP contribution in [0.15, 0.2) is 59.5 Å². The Labute approximate surface area is 275 Å². The highest BCUT2D eigenvalue weighted by Gasteiger charge is 2.35. The van der Waals surface area contributed by atoms with E-state index >= 15 is 0 Å². The summed E-state index contributed by atoms with van der Waals surface area (Å²) in [5, 5.41) is 0. The number of anilines is 1. The van der Waals surface area contributed by atoms with E-state index in [9.17, 15) is 27.2 Å². The maximum absolute atomic E-state index is 14.9. The average molecular weight is 670 g/mol. The molecule has 0 N–H and O–H groups in total. The van der Waals surface area contributed by atoms with Crippen LogP contribution in [-0.2, 0) is 17.5 Å². The lowest BCUT2D eigenvalue weighted by molar-refractivity contribution is -0.138. The molecule has 9 nitrogen and oxygen atoms in total. The van der Waals surface area contributed by atoms with Gasteiger partial charge in [0.1, 0.15) is 23.0 Å². The fourth-order valence-corrected chi connectivity index (χ4v) is 6.71. The molecule has 0 radical (unpaired) electrons. The number of para-hydroxylation sites is 1. The van der Waals surface area contributed by atoms with Gasteiger partial charge in [-0.3, -0.25) is 9.13 Å². The molecule has 4 aromatic rings. The van der Waals surface area contributed by atoms with E-state index < -0.39 is 29.1 Å². The lowest BCUT2D eigenvalue weighted by Crippen LogP contribution is -2.44. The first-order valence-corrected chi connectivity index (χ1v) is 16.1. The van der Waals surface area contributed by atoms with Crippen molar-refractivity contribution in [2.45, 2.75) is 77.4 Å². The third-order valence-electron chi connectivity index (χ3n) is 8.89. The van der Waals surface area contributed by atoms with E-state index in [1.54, 1.807) is 42.4 Å². The number of alkyl halides is 3. The van der Waals surface area contributed by atoms with E-state index in [0.29, 0.717) is 56.6 Å². The van der Waals surface area contributed by atoms with Gasteiger partial charge in [-0.1, -0.05) is 30.3 Å². The number of benzene rings is 2. The maximum Gasteiger partial charge on any atom is 0.416 e. The molecule has 4 heterocycles. The molecule has 0 bridgehead atoms. The molecule has 2 aromatic carbocycles. The molecule has 2 aliphatic heterocycles. The van der Waals surface area contributed by atoms with E-state index in [1.165, 1.54) is 35.0 Å². The first-order valence-electron chi connectivity index (χ1n) is 16.1. The zero-order valence-corrected chi connectivity index (χ0v) is 27.4. The van der Waals surface area contributed by atoms with Gasteiger partial charge >= 0.3 is 18.0 Å². The van der Waals surface area contributed by atoms with Crippen LogP contribution in [0, 0.1) is 12.7 Å². The van der Waals surface area contributed by atoms with Gasteiger partial charge in [0.25, 0.3) is 0 Å². The van der Waals surface area contributed by atoms with Crippen molar-refractivity contribution in [3.05, 3.63) is 87.7 Å². The van der Waals surface area contributed by atoms with Crippen LogP contribution in [0.2, 0.25) is 0 Å². The fourth-order valence-electron chi connectivity index (χ4n) is 6.71. The normalized spacial score (nSPS) is 17.7. The number of aromatic nitrogens is 3. The second kappa shape index (κ2) is 12.8. The van der Waals surface area contributed by atoms with E-state index in [4.69, 9.17) is 9.47 Å². The summed E-state index contributed by atoms with van der Waals surface area (Å²) < 4.78 is 71.8. The van der Waals surface area contributed by atoms with Crippen LogP contribution in [0.5, 0.6) is 5.88 Å². The molecule has 6 rings (SSSR count). The Kier molecular flexibility index (Phi) is 8.90. The van der Waals surface area contributed by atoms with Crippen molar-refractivity contribution < 1.29 is 31.8 Å². The van der Waals surface area contributed by atoms with Crippen molar-refractivity contribution >= 4 is 22.8 Å². The molecule has 1 amide bonds. The Morgan fingerprint density at radius 2 is 1.71 bits per heavy atom. The SMILES string of the molecule is Cc1cccc(F)c1N1CCC(n2c(=O)n(Cc3ccccc3C(F)(F)F)c3c(OC4CCN(C(=O)OC(C)(C)C)CC4)nccc32)C1. The van der Waals surface area contributed by atoms with Crippen molar-refractivity contribution in [3.63, 3.8) is 0 Å². The number of rotatable bonds is 6. The van der Waals surface area contributed by atoms with Crippen LogP contribution in [0.25, 0.3) is 11.0 Å². The van der Waals surface area contributed by atoms with Crippen LogP contribution in [-0.4, -0.2) is 63.0 Å². The van der Waals surface area contributed by atoms with E-state index in [-0.39, 0.29) is 41.5 Å². The van der Waals surface area contributed by atoms with E-state index in [0.717, 1.165) is 11.6 Å². The lowest BCUT2D eigenvalue weighted by atomic mass is 10.1. The summed E-state index contributed by atoms with van der Waals surface area (Å²) in [6, 6.07) is 11.3. The van der Waals surface area contributed by atoms with E-state index in [2.05, 4.69) is 4.98 Å². The Morgan fingerprint density at radius 3 is 2.40 bits per heavy atom. The zero-order valence-electron chi connectivity index (χ0n) is 27.4. The molecule has 0 aliphatic carbocycles. The molecule has 1 unspecified atom stereocenters. The summed E-state index contributed by atoms with van der Waals surface area (Å²) in [6.45, 7) is 8.47. The second-order valence-electron chi connectivity index (χ2n) is 13.5. The molecule has 2 fully saturated rings. The predicted molar refractivity (Wildman–Crippen MR) is 173 cm³/mol. The first-order chi connectivity index (χ1) is 22.7. The lowest BCUT2D eigenvalue weighted by Gasteiger charge is -2.33. The smallest absolute Gasteiger partial charge is 0.416 e. The highest BCUT2D eigenvalue weighted by atomic mass is 19.4. The molecular formula is C35H39F4N5O4. The van der Waals surface area contributed by atoms with Crippen molar-refractivity contribution in [1.82, 2.24) is 19.0 Å². The van der Waals surface area contributed by atoms with Crippen LogP contribution < -0.4 is 15.3 Å². The zero-order chi connectivity index (χ0) is 34.4. The third kappa shape index (κ3) is 6.72. The van der Waals surface area contributed by atoms with Gasteiger partial charge in [-0.25, -0.2) is 19.0 Å². The molecule has 0 saturated carbocycles. The second-order valence-corrected chi connectivity index (χ2v) is 13.5. The summed E-state index contributed by atoms with van der Waals surface area (Å²) in [6.07, 6.45) is -2.41. The molecule has 256 valence electrons. The van der Waals surface area contributed by atoms with Gasteiger partial charge in [0, 0.05) is 45.2 Å². The number of pyridine rings is 1. The summed E-state index contributed by atoms with van der Waals surface area (Å²) in [7, 11) is 0. The number of hydrogen-bond donors (Lipinski definition) is 0. The summed E-state index contributed by atoms with van der Waals surface area (Å²) in [5.74, 6) is -0.227. The number of nitrogens with zero attached hydrogens (tertiary/aromatic N) is 5. The van der Waals surface area contributed by atoms with Gasteiger partial charge in [-0.05, 0) is 63.4 Å². The van der Waals surface area contributed by atoms with Crippen molar-refractivity contribution in [1.29, 1.82) is 0 Å². The standard InChI is InChI=1S/C35H39F4N5O4/c1-22-8-7-11-27(36)29(22)42-17-13-24(21-42)44-28-12-16-40-31(47-25-14-18-41(19-15-25)33(46)48-34(2,3)4)30(28)43(32(44)45)20-23-9-5-6-10-26(23)35(37,38)39/h5-12,16,24-25H,13-15,17-21H2,1-4H3. The highest BCUT2D eigenvalue weighted by Crippen LogP contribution is 2.36. The summed E-state index contributed by atoms with van der Waals surface area (Å²) in [5.41, 5.74) is -0.0341. The third-order valence-corrected chi connectivity index (χ3v) is 8.89. The highest BCUT2D eigenvalue weighted by molar-refractivity contribution is 5.81. The molecule has 13 heteroatoms. The van der Waals surface area contributed by atoms with Crippen molar-refractivity contribution in [2.24, 2.45) is 0 Å². The number of carbonyl (C=O) groups is 1. The fraction of sp³-hybridized carbons (Fsp3) is 0.457. The van der Waals surface area contributed by atoms with Gasteiger partial charge in [-0.2, -0.15) is 13.2 Å². The van der Waals surface area contributed by atoms with Crippen molar-refractivity contribution in [3.8, 4) is 5.88 Å². The van der Waals surface area contributed by atoms with Gasteiger partial charge in [0.15, 0.2) is 0 Å². The van der Waals surface area contributed by atoms with Crippen molar-refractivity contribution in [2.75, 3.05) is 31.1 Å². The van der Waals surface area contributed by atoms with Crippen LogP contribution in [0.1, 0.15) is 62.8 Å². The number of fused-ring (bicyclic) bond motifs is 1. The molecule has 2 aromatic heterocycles. The number of aryl methyl sites for hydroxylation is 1. The number of ether oxygens (including phenoxy) is 2. The van der Waals surface area contributed by atoms with Crippen LogP contribution in [0.4, 0.5) is 28.0 Å². The van der Waals surface area contributed by atoms with Crippen LogP contribution in [0.3, 0.4) is 0 Å². The minimum atomic E-state index is -4.62. The number of amides is 1. The van der Waals surface area contributed by atoms with Gasteiger partial charge in [0.05, 0.1) is 29.4 Å². The number of likely N-dealkylation sites (tertiary alicyclic amines) is 1. The minimum Gasteiger partial charge on any atom is -0.473 e. The van der Waals surface area contributed by atoms with E-state index in [1.807, 2.05) is 17.9 Å². The summed E-state index contributed by atoms with van der Waals surface area (Å²) in [4.78, 5) is 34.9. The largest absolute Gasteiger partial charge is 0.473 e. The Hall–Kier alpha value is -4.55. The molecule has 2 saturated heterocycles. The average Bonchev–Trinajstić information content (AvgIpc) is 3.59. The number of carbonyl (C=O) groups excluding carboxylic acids is 1. The van der Waals surface area contributed by atoms with Crippen LogP contribution >= 0.6 is 0 Å². The molecule has 48 heavy (non-hydrogen) atoms. The van der Waals surface area contributed by atoms with Gasteiger partial charge in [-0.15, -0.1) is 0 Å². The number of halogens is 4. The minimum absolute atomic E-state index is 0.0679.